The Balaban J connectivity index is 1.54. The van der Waals surface area contributed by atoms with Crippen LogP contribution in [-0.2, 0) is 0 Å². The zero-order valence-electron chi connectivity index (χ0n) is 11.2. The maximum Gasteiger partial charge on any atom is 0.190 e. The van der Waals surface area contributed by atoms with E-state index >= 15 is 0 Å². The summed E-state index contributed by atoms with van der Waals surface area (Å²) in [5, 5.41) is 3.76. The summed E-state index contributed by atoms with van der Waals surface area (Å²) in [6.45, 7) is 0. The van der Waals surface area contributed by atoms with E-state index in [9.17, 15) is 0 Å². The Morgan fingerprint density at radius 3 is 3.10 bits per heavy atom. The molecule has 1 aliphatic rings. The predicted octanol–water partition coefficient (Wildman–Crippen LogP) is 4.26. The third kappa shape index (κ3) is 2.52. The van der Waals surface area contributed by atoms with Gasteiger partial charge in [-0.1, -0.05) is 30.0 Å². The molecule has 0 saturated heterocycles. The Morgan fingerprint density at radius 2 is 2.14 bits per heavy atom. The molecule has 4 rings (SSSR count). The van der Waals surface area contributed by atoms with Crippen molar-refractivity contribution in [3.05, 3.63) is 41.3 Å². The molecule has 0 fully saturated rings. The maximum absolute atomic E-state index is 6.00. The summed E-state index contributed by atoms with van der Waals surface area (Å²) in [5.41, 5.74) is 7.46. The van der Waals surface area contributed by atoms with Crippen LogP contribution in [0.4, 0.5) is 5.82 Å². The summed E-state index contributed by atoms with van der Waals surface area (Å²) in [7, 11) is 0. The van der Waals surface area contributed by atoms with E-state index in [1.54, 1.807) is 23.1 Å². The molecule has 0 aliphatic carbocycles. The predicted molar refractivity (Wildman–Crippen MR) is 92.5 cm³/mol. The molecular formula is C15H13N3S3. The first-order valence-electron chi connectivity index (χ1n) is 6.66. The number of aromatic nitrogens is 2. The van der Waals surface area contributed by atoms with Crippen LogP contribution in [0.2, 0.25) is 0 Å². The number of hydrogen-bond acceptors (Lipinski definition) is 6. The van der Waals surface area contributed by atoms with Crippen molar-refractivity contribution in [2.24, 2.45) is 0 Å². The second-order valence-electron chi connectivity index (χ2n) is 4.89. The molecule has 0 saturated carbocycles. The van der Waals surface area contributed by atoms with E-state index < -0.39 is 0 Å². The average molecular weight is 331 g/mol. The molecule has 1 atom stereocenters. The molecule has 0 amide bonds. The number of benzene rings is 1. The van der Waals surface area contributed by atoms with Crippen molar-refractivity contribution in [3.8, 4) is 0 Å². The summed E-state index contributed by atoms with van der Waals surface area (Å²) >= 11 is 5.26. The van der Waals surface area contributed by atoms with Gasteiger partial charge in [-0.25, -0.2) is 9.97 Å². The van der Waals surface area contributed by atoms with Crippen LogP contribution < -0.4 is 5.73 Å². The van der Waals surface area contributed by atoms with Gasteiger partial charge in [-0.2, -0.15) is 0 Å². The summed E-state index contributed by atoms with van der Waals surface area (Å²) in [5.74, 6) is 3.30. The van der Waals surface area contributed by atoms with E-state index in [-0.39, 0.29) is 0 Å². The van der Waals surface area contributed by atoms with E-state index in [4.69, 9.17) is 5.73 Å². The van der Waals surface area contributed by atoms with Gasteiger partial charge in [0.1, 0.15) is 10.6 Å². The highest BCUT2D eigenvalue weighted by atomic mass is 32.2. The molecular weight excluding hydrogens is 318 g/mol. The molecule has 21 heavy (non-hydrogen) atoms. The van der Waals surface area contributed by atoms with Gasteiger partial charge in [0, 0.05) is 22.3 Å². The number of thiophene rings is 1. The lowest BCUT2D eigenvalue weighted by Crippen LogP contribution is -2.02. The molecule has 1 aromatic carbocycles. The molecule has 0 radical (unpaired) electrons. The van der Waals surface area contributed by atoms with E-state index in [0.29, 0.717) is 11.7 Å². The lowest BCUT2D eigenvalue weighted by atomic mass is 10.0. The van der Waals surface area contributed by atoms with Crippen molar-refractivity contribution in [2.75, 3.05) is 17.2 Å². The largest absolute Gasteiger partial charge is 0.383 e. The number of anilines is 1. The normalized spacial score (nSPS) is 17.2. The van der Waals surface area contributed by atoms with Crippen molar-refractivity contribution < 1.29 is 0 Å². The molecule has 2 aromatic heterocycles. The first-order chi connectivity index (χ1) is 10.3. The molecule has 3 aromatic rings. The van der Waals surface area contributed by atoms with E-state index in [1.807, 2.05) is 23.2 Å². The number of rotatable bonds is 3. The number of nitrogens with zero attached hydrogens (tertiary/aromatic N) is 2. The molecule has 0 bridgehead atoms. The topological polar surface area (TPSA) is 51.8 Å². The summed E-state index contributed by atoms with van der Waals surface area (Å²) in [6.07, 6.45) is 0. The fourth-order valence-corrected chi connectivity index (χ4v) is 5.66. The molecule has 6 heteroatoms. The molecule has 106 valence electrons. The van der Waals surface area contributed by atoms with Crippen molar-refractivity contribution in [1.29, 1.82) is 0 Å². The van der Waals surface area contributed by atoms with Gasteiger partial charge >= 0.3 is 0 Å². The van der Waals surface area contributed by atoms with Crippen LogP contribution in [0.25, 0.3) is 10.2 Å². The zero-order valence-corrected chi connectivity index (χ0v) is 13.6. The van der Waals surface area contributed by atoms with Crippen LogP contribution in [0.3, 0.4) is 0 Å². The number of fused-ring (bicyclic) bond motifs is 2. The molecule has 2 N–H and O–H groups in total. The van der Waals surface area contributed by atoms with Crippen molar-refractivity contribution in [2.45, 2.75) is 16.0 Å². The Bertz CT molecular complexity index is 800. The molecule has 0 spiro atoms. The number of thioether (sulfide) groups is 2. The van der Waals surface area contributed by atoms with Crippen molar-refractivity contribution in [1.82, 2.24) is 9.97 Å². The van der Waals surface area contributed by atoms with Gasteiger partial charge in [0.25, 0.3) is 0 Å². The van der Waals surface area contributed by atoms with E-state index in [2.05, 4.69) is 34.2 Å². The van der Waals surface area contributed by atoms with Crippen LogP contribution in [-0.4, -0.2) is 21.5 Å². The third-order valence-corrected chi connectivity index (χ3v) is 6.61. The fourth-order valence-electron chi connectivity index (χ4n) is 2.46. The average Bonchev–Trinajstić information content (AvgIpc) is 3.12. The van der Waals surface area contributed by atoms with Crippen LogP contribution >= 0.6 is 34.9 Å². The van der Waals surface area contributed by atoms with Gasteiger partial charge in [-0.05, 0) is 23.1 Å². The highest BCUT2D eigenvalue weighted by molar-refractivity contribution is 8.00. The van der Waals surface area contributed by atoms with Crippen molar-refractivity contribution >= 4 is 50.9 Å². The Morgan fingerprint density at radius 1 is 1.24 bits per heavy atom. The molecule has 1 aliphatic heterocycles. The standard InChI is InChI=1S/C15H13N3S3/c16-13-11-5-6-19-14(11)18-15(17-13)21-8-9-7-20-12-4-2-1-3-10(9)12/h1-6,9H,7-8H2,(H2,16,17,18). The van der Waals surface area contributed by atoms with Gasteiger partial charge in [-0.15, -0.1) is 23.1 Å². The number of hydrogen-bond donors (Lipinski definition) is 1. The van der Waals surface area contributed by atoms with Gasteiger partial charge in [-0.3, -0.25) is 0 Å². The van der Waals surface area contributed by atoms with Gasteiger partial charge in [0.05, 0.1) is 5.39 Å². The van der Waals surface area contributed by atoms with Gasteiger partial charge in [0.15, 0.2) is 5.16 Å². The molecule has 1 unspecified atom stereocenters. The minimum Gasteiger partial charge on any atom is -0.383 e. The highest BCUT2D eigenvalue weighted by Gasteiger charge is 2.23. The first-order valence-corrected chi connectivity index (χ1v) is 9.51. The summed E-state index contributed by atoms with van der Waals surface area (Å²) in [6, 6.07) is 10.6. The second kappa shape index (κ2) is 5.51. The van der Waals surface area contributed by atoms with E-state index in [1.165, 1.54) is 10.5 Å². The molecule has 3 nitrogen and oxygen atoms in total. The summed E-state index contributed by atoms with van der Waals surface area (Å²) in [4.78, 5) is 11.4. The lowest BCUT2D eigenvalue weighted by molar-refractivity contribution is 0.890. The zero-order chi connectivity index (χ0) is 14.2. The monoisotopic (exact) mass is 331 g/mol. The van der Waals surface area contributed by atoms with Crippen LogP contribution in [0.15, 0.2) is 45.8 Å². The minimum atomic E-state index is 0.569. The summed E-state index contributed by atoms with van der Waals surface area (Å²) < 4.78 is 0. The van der Waals surface area contributed by atoms with Gasteiger partial charge < -0.3 is 5.73 Å². The van der Waals surface area contributed by atoms with Crippen LogP contribution in [0.1, 0.15) is 11.5 Å². The third-order valence-electron chi connectivity index (χ3n) is 3.55. The number of nitrogens with two attached hydrogens (primary N) is 1. The Hall–Kier alpha value is -1.24. The SMILES string of the molecule is Nc1nc(SCC2CSc3ccccc32)nc2sccc12. The Kier molecular flexibility index (Phi) is 3.52. The first kappa shape index (κ1) is 13.4. The second-order valence-corrected chi connectivity index (χ2v) is 7.83. The maximum atomic E-state index is 6.00. The fraction of sp³-hybridized carbons (Fsp3) is 0.200. The lowest BCUT2D eigenvalue weighted by Gasteiger charge is -2.09. The van der Waals surface area contributed by atoms with Gasteiger partial charge in [0.2, 0.25) is 0 Å². The van der Waals surface area contributed by atoms with Crippen LogP contribution in [0, 0.1) is 0 Å². The number of nitrogen functional groups attached to an aromatic ring is 1. The molecule has 3 heterocycles. The highest BCUT2D eigenvalue weighted by Crippen LogP contribution is 2.41. The van der Waals surface area contributed by atoms with Crippen molar-refractivity contribution in [3.63, 3.8) is 0 Å². The quantitative estimate of drug-likeness (QED) is 0.574. The van der Waals surface area contributed by atoms with E-state index in [0.717, 1.165) is 26.9 Å². The van der Waals surface area contributed by atoms with Crippen LogP contribution in [0.5, 0.6) is 0 Å². The minimum absolute atomic E-state index is 0.569. The smallest absolute Gasteiger partial charge is 0.190 e. The Labute approximate surface area is 135 Å².